The molecule has 6 rings (SSSR count). The number of aromatic nitrogens is 2. The molecule has 0 aliphatic carbocycles. The number of H-pyrrole nitrogens is 1. The van der Waals surface area contributed by atoms with E-state index in [1.807, 2.05) is 60.4 Å². The lowest BCUT2D eigenvalue weighted by molar-refractivity contribution is -0.384. The van der Waals surface area contributed by atoms with Gasteiger partial charge >= 0.3 is 0 Å². The number of hydrogen-bond donors (Lipinski definition) is 2. The summed E-state index contributed by atoms with van der Waals surface area (Å²) in [4.78, 5) is 51.2. The summed E-state index contributed by atoms with van der Waals surface area (Å²) in [6, 6.07) is 19.7. The molecule has 1 fully saturated rings. The van der Waals surface area contributed by atoms with Crippen LogP contribution in [0.5, 0.6) is 0 Å². The summed E-state index contributed by atoms with van der Waals surface area (Å²) in [6.45, 7) is 3.31. The molecule has 212 valence electrons. The second kappa shape index (κ2) is 11.4. The Kier molecular flexibility index (Phi) is 7.35. The molecule has 2 aliphatic rings. The number of hydrogen-bond acceptors (Lipinski definition) is 6. The number of benzene rings is 3. The third-order valence-corrected chi connectivity index (χ3v) is 7.79. The Morgan fingerprint density at radius 3 is 2.55 bits per heavy atom. The van der Waals surface area contributed by atoms with Gasteiger partial charge in [-0.15, -0.1) is 0 Å². The van der Waals surface area contributed by atoms with E-state index in [9.17, 15) is 19.7 Å². The van der Waals surface area contributed by atoms with E-state index in [4.69, 9.17) is 4.99 Å². The Hall–Kier alpha value is -5.12. The minimum atomic E-state index is -0.839. The zero-order chi connectivity index (χ0) is 29.2. The highest BCUT2D eigenvalue weighted by Gasteiger charge is 2.36. The number of carbonyl (C=O) groups excluding carboxylic acids is 2. The highest BCUT2D eigenvalue weighted by molar-refractivity contribution is 6.24. The molecule has 2 N–H and O–H groups in total. The number of non-ortho nitro benzene ring substituents is 1. The smallest absolute Gasteiger partial charge is 0.269 e. The number of amides is 2. The Morgan fingerprint density at radius 2 is 1.86 bits per heavy atom. The number of aliphatic imine (C=N–C) groups is 1. The predicted octanol–water partition coefficient (Wildman–Crippen LogP) is 5.92. The van der Waals surface area contributed by atoms with Gasteiger partial charge in [-0.2, -0.15) is 0 Å². The van der Waals surface area contributed by atoms with Gasteiger partial charge in [0, 0.05) is 49.3 Å². The summed E-state index contributed by atoms with van der Waals surface area (Å²) in [5.41, 5.74) is 5.63. The van der Waals surface area contributed by atoms with E-state index in [1.165, 1.54) is 12.1 Å². The van der Waals surface area contributed by atoms with Crippen LogP contribution in [0, 0.1) is 10.1 Å². The lowest BCUT2D eigenvalue weighted by Gasteiger charge is -2.26. The number of imidazole rings is 1. The summed E-state index contributed by atoms with van der Waals surface area (Å²) in [7, 11) is 0. The molecular weight excluding hydrogens is 532 g/mol. The van der Waals surface area contributed by atoms with Crippen molar-refractivity contribution in [1.29, 1.82) is 0 Å². The molecule has 2 amide bonds. The molecule has 4 aromatic rings. The number of aryl methyl sites for hydroxylation is 1. The van der Waals surface area contributed by atoms with E-state index in [1.54, 1.807) is 12.3 Å². The largest absolute Gasteiger partial charge is 0.342 e. The number of anilines is 1. The Balaban J connectivity index is 1.37. The van der Waals surface area contributed by atoms with Gasteiger partial charge in [-0.05, 0) is 47.7 Å². The Bertz CT molecular complexity index is 1690. The number of nitro groups is 1. The third-order valence-electron chi connectivity index (χ3n) is 7.79. The Morgan fingerprint density at radius 1 is 1.07 bits per heavy atom. The van der Waals surface area contributed by atoms with E-state index in [2.05, 4.69) is 15.3 Å². The Labute approximate surface area is 242 Å². The summed E-state index contributed by atoms with van der Waals surface area (Å²) in [6.07, 6.45) is 5.12. The van der Waals surface area contributed by atoms with Gasteiger partial charge in [0.15, 0.2) is 0 Å². The van der Waals surface area contributed by atoms with Gasteiger partial charge in [0.25, 0.3) is 5.69 Å². The van der Waals surface area contributed by atoms with E-state index in [0.717, 1.165) is 48.5 Å². The number of rotatable bonds is 8. The summed E-state index contributed by atoms with van der Waals surface area (Å²) >= 11 is 0. The first-order valence-electron chi connectivity index (χ1n) is 14.1. The van der Waals surface area contributed by atoms with Crippen molar-refractivity contribution in [2.75, 3.05) is 11.9 Å². The van der Waals surface area contributed by atoms with Gasteiger partial charge in [0.1, 0.15) is 11.7 Å². The second-order valence-electron chi connectivity index (χ2n) is 10.6. The monoisotopic (exact) mass is 562 g/mol. The highest BCUT2D eigenvalue weighted by Crippen LogP contribution is 2.38. The number of fused-ring (bicyclic) bond motifs is 1. The molecule has 42 heavy (non-hydrogen) atoms. The lowest BCUT2D eigenvalue weighted by atomic mass is 9.90. The molecule has 10 nitrogen and oxygen atoms in total. The number of nitro benzene ring substituents is 1. The molecule has 3 aromatic carbocycles. The number of likely N-dealkylation sites (tertiary alicyclic amines) is 1. The fraction of sp³-hybridized carbons (Fsp3) is 0.250. The van der Waals surface area contributed by atoms with Crippen LogP contribution in [0.1, 0.15) is 54.6 Å². The van der Waals surface area contributed by atoms with Crippen LogP contribution in [0.2, 0.25) is 0 Å². The van der Waals surface area contributed by atoms with Crippen LogP contribution in [-0.2, 0) is 22.6 Å². The van der Waals surface area contributed by atoms with Crippen molar-refractivity contribution in [3.8, 4) is 11.3 Å². The molecule has 3 heterocycles. The van der Waals surface area contributed by atoms with Gasteiger partial charge in [-0.25, -0.2) is 4.98 Å². The fourth-order valence-electron chi connectivity index (χ4n) is 5.50. The van der Waals surface area contributed by atoms with Crippen molar-refractivity contribution in [2.24, 2.45) is 4.99 Å². The van der Waals surface area contributed by atoms with Crippen LogP contribution < -0.4 is 5.32 Å². The molecular formula is C32H30N6O4. The SMILES string of the molecule is CCc1ncc(-c2ccc(N=C(c3ccc(CN4CCCCC4=O)cc3)C3C(=O)Nc4ccc([N+](=O)[O-])cc43)cc2)[nH]1. The van der Waals surface area contributed by atoms with Gasteiger partial charge in [-0.1, -0.05) is 43.3 Å². The standard InChI is InChI=1S/C32H30N6O4/c1-2-28-33-18-27(35-28)21-10-12-23(13-11-21)34-31(30-25-17-24(38(41)42)14-15-26(25)36-32(30)40)22-8-6-20(7-9-22)19-37-16-4-3-5-29(37)39/h6-15,17-18,30H,2-5,16,19H2,1H3,(H,33,35)(H,36,40). The minimum Gasteiger partial charge on any atom is -0.342 e. The van der Waals surface area contributed by atoms with Crippen LogP contribution in [0.25, 0.3) is 11.3 Å². The number of nitrogens with zero attached hydrogens (tertiary/aromatic N) is 4. The summed E-state index contributed by atoms with van der Waals surface area (Å²) in [5.74, 6) is -0.0670. The topological polar surface area (TPSA) is 134 Å². The zero-order valence-electron chi connectivity index (χ0n) is 23.2. The summed E-state index contributed by atoms with van der Waals surface area (Å²) in [5, 5.41) is 14.4. The maximum Gasteiger partial charge on any atom is 0.269 e. The van der Waals surface area contributed by atoms with Gasteiger partial charge in [0.05, 0.1) is 28.2 Å². The lowest BCUT2D eigenvalue weighted by Crippen LogP contribution is -2.34. The summed E-state index contributed by atoms with van der Waals surface area (Å²) < 4.78 is 0. The normalized spacial score (nSPS) is 16.8. The second-order valence-corrected chi connectivity index (χ2v) is 10.6. The van der Waals surface area contributed by atoms with Crippen molar-refractivity contribution < 1.29 is 14.5 Å². The van der Waals surface area contributed by atoms with E-state index in [-0.39, 0.29) is 17.5 Å². The fourth-order valence-corrected chi connectivity index (χ4v) is 5.50. The molecule has 0 spiro atoms. The predicted molar refractivity (Wildman–Crippen MR) is 160 cm³/mol. The molecule has 0 bridgehead atoms. The third kappa shape index (κ3) is 5.43. The average molecular weight is 563 g/mol. The number of piperidine rings is 1. The number of nitrogens with one attached hydrogen (secondary N) is 2. The quantitative estimate of drug-likeness (QED) is 0.156. The number of aromatic amines is 1. The van der Waals surface area contributed by atoms with Crippen LogP contribution in [0.15, 0.2) is 77.9 Å². The molecule has 2 aliphatic heterocycles. The molecule has 1 unspecified atom stereocenters. The molecule has 1 atom stereocenters. The van der Waals surface area contributed by atoms with E-state index >= 15 is 0 Å². The van der Waals surface area contributed by atoms with Crippen molar-refractivity contribution in [2.45, 2.75) is 45.1 Å². The van der Waals surface area contributed by atoms with Crippen molar-refractivity contribution >= 4 is 34.6 Å². The van der Waals surface area contributed by atoms with Gasteiger partial charge in [0.2, 0.25) is 11.8 Å². The van der Waals surface area contributed by atoms with Crippen LogP contribution in [0.3, 0.4) is 0 Å². The van der Waals surface area contributed by atoms with E-state index < -0.39 is 10.8 Å². The maximum absolute atomic E-state index is 13.3. The van der Waals surface area contributed by atoms with E-state index in [0.29, 0.717) is 41.2 Å². The van der Waals surface area contributed by atoms with Crippen LogP contribution >= 0.6 is 0 Å². The zero-order valence-corrected chi connectivity index (χ0v) is 23.2. The van der Waals surface area contributed by atoms with Crippen molar-refractivity contribution in [3.63, 3.8) is 0 Å². The van der Waals surface area contributed by atoms with Gasteiger partial charge < -0.3 is 15.2 Å². The van der Waals surface area contributed by atoms with Crippen LogP contribution in [-0.4, -0.2) is 43.9 Å². The highest BCUT2D eigenvalue weighted by atomic mass is 16.6. The minimum absolute atomic E-state index is 0.0912. The first-order valence-corrected chi connectivity index (χ1v) is 14.1. The average Bonchev–Trinajstić information content (AvgIpc) is 3.61. The first kappa shape index (κ1) is 27.1. The molecule has 1 aromatic heterocycles. The van der Waals surface area contributed by atoms with Crippen LogP contribution in [0.4, 0.5) is 17.1 Å². The molecule has 0 radical (unpaired) electrons. The number of carbonyl (C=O) groups is 2. The first-order chi connectivity index (χ1) is 20.4. The molecule has 1 saturated heterocycles. The maximum atomic E-state index is 13.3. The van der Waals surface area contributed by atoms with Crippen molar-refractivity contribution in [1.82, 2.24) is 14.9 Å². The molecule has 0 saturated carbocycles. The van der Waals surface area contributed by atoms with Crippen molar-refractivity contribution in [3.05, 3.63) is 106 Å². The molecule has 10 heteroatoms. The van der Waals surface area contributed by atoms with Gasteiger partial charge in [-0.3, -0.25) is 24.7 Å².